The smallest absolute Gasteiger partial charge is 0.263 e. The first-order valence-electron chi connectivity index (χ1n) is 6.93. The highest BCUT2D eigenvalue weighted by atomic mass is 32.2. The van der Waals surface area contributed by atoms with Gasteiger partial charge < -0.3 is 11.1 Å². The van der Waals surface area contributed by atoms with Crippen molar-refractivity contribution in [3.63, 3.8) is 0 Å². The van der Waals surface area contributed by atoms with Gasteiger partial charge in [0.2, 0.25) is 0 Å². The van der Waals surface area contributed by atoms with Crippen LogP contribution < -0.4 is 11.1 Å². The molecule has 2 heterocycles. The Balaban J connectivity index is 1.74. The third kappa shape index (κ3) is 3.22. The highest BCUT2D eigenvalue weighted by molar-refractivity contribution is 7.90. The largest absolute Gasteiger partial charge is 0.397 e. The van der Waals surface area contributed by atoms with Crippen LogP contribution >= 0.6 is 11.3 Å². The van der Waals surface area contributed by atoms with Gasteiger partial charge in [-0.1, -0.05) is 12.1 Å². The summed E-state index contributed by atoms with van der Waals surface area (Å²) in [5.74, 6) is -0.303. The maximum absolute atomic E-state index is 12.3. The van der Waals surface area contributed by atoms with Gasteiger partial charge in [-0.25, -0.2) is 8.42 Å². The lowest BCUT2D eigenvalue weighted by Gasteiger charge is -2.05. The van der Waals surface area contributed by atoms with E-state index >= 15 is 0 Å². The summed E-state index contributed by atoms with van der Waals surface area (Å²) in [6.07, 6.45) is 2.67. The minimum absolute atomic E-state index is 0.241. The molecule has 0 saturated heterocycles. The Morgan fingerprint density at radius 1 is 1.25 bits per heavy atom. The van der Waals surface area contributed by atoms with Crippen molar-refractivity contribution in [2.24, 2.45) is 0 Å². The third-order valence-corrected chi connectivity index (χ3v) is 5.66. The van der Waals surface area contributed by atoms with Gasteiger partial charge in [-0.15, -0.1) is 16.4 Å². The summed E-state index contributed by atoms with van der Waals surface area (Å²) in [6, 6.07) is 8.07. The third-order valence-electron chi connectivity index (χ3n) is 3.43. The highest BCUT2D eigenvalue weighted by Gasteiger charge is 2.17. The van der Waals surface area contributed by atoms with Crippen LogP contribution in [0.3, 0.4) is 0 Å². The van der Waals surface area contributed by atoms with Crippen molar-refractivity contribution in [2.45, 2.75) is 11.4 Å². The number of nitrogens with two attached hydrogens (primary N) is 1. The molecule has 9 heteroatoms. The van der Waals surface area contributed by atoms with Crippen LogP contribution in [0.25, 0.3) is 10.2 Å². The number of sulfone groups is 1. The van der Waals surface area contributed by atoms with E-state index in [9.17, 15) is 13.2 Å². The number of fused-ring (bicyclic) bond motifs is 1. The fourth-order valence-electron chi connectivity index (χ4n) is 2.16. The number of anilines is 1. The maximum atomic E-state index is 12.3. The second kappa shape index (κ2) is 6.17. The van der Waals surface area contributed by atoms with Crippen LogP contribution in [0.15, 0.2) is 41.4 Å². The summed E-state index contributed by atoms with van der Waals surface area (Å²) in [7, 11) is -3.23. The van der Waals surface area contributed by atoms with Crippen molar-refractivity contribution < 1.29 is 13.2 Å². The number of hydrogen-bond donors (Lipinski definition) is 2. The van der Waals surface area contributed by atoms with Crippen LogP contribution in [0.1, 0.15) is 15.2 Å². The first-order chi connectivity index (χ1) is 11.4. The Morgan fingerprint density at radius 3 is 2.58 bits per heavy atom. The standard InChI is InChI=1S/C15H14N4O3S2/c1-24(21,22)10-4-2-9(3-5-10)8-17-14(20)13-12(16)11-6-7-18-19-15(11)23-13/h2-7H,8,16H2,1H3,(H,17,20). The van der Waals surface area contributed by atoms with Crippen molar-refractivity contribution in [1.29, 1.82) is 0 Å². The van der Waals surface area contributed by atoms with E-state index in [0.29, 0.717) is 20.8 Å². The Morgan fingerprint density at radius 2 is 1.96 bits per heavy atom. The van der Waals surface area contributed by atoms with Crippen molar-refractivity contribution in [1.82, 2.24) is 15.5 Å². The van der Waals surface area contributed by atoms with E-state index in [4.69, 9.17) is 5.73 Å². The van der Waals surface area contributed by atoms with Crippen LogP contribution in [-0.2, 0) is 16.4 Å². The summed E-state index contributed by atoms with van der Waals surface area (Å²) >= 11 is 1.18. The summed E-state index contributed by atoms with van der Waals surface area (Å²) < 4.78 is 22.8. The summed E-state index contributed by atoms with van der Waals surface area (Å²) in [4.78, 5) is 13.5. The molecule has 24 heavy (non-hydrogen) atoms. The van der Waals surface area contributed by atoms with Gasteiger partial charge in [0.05, 0.1) is 16.8 Å². The number of carbonyl (C=O) groups is 1. The van der Waals surface area contributed by atoms with E-state index in [1.54, 1.807) is 18.2 Å². The van der Waals surface area contributed by atoms with E-state index < -0.39 is 9.84 Å². The summed E-state index contributed by atoms with van der Waals surface area (Å²) in [5, 5.41) is 11.2. The molecule has 0 aliphatic rings. The van der Waals surface area contributed by atoms with Crippen molar-refractivity contribution in [3.8, 4) is 0 Å². The Labute approximate surface area is 142 Å². The minimum atomic E-state index is -3.23. The molecule has 124 valence electrons. The fraction of sp³-hybridized carbons (Fsp3) is 0.133. The van der Waals surface area contributed by atoms with Crippen LogP contribution in [0, 0.1) is 0 Å². The summed E-state index contributed by atoms with van der Waals surface area (Å²) in [6.45, 7) is 0.266. The normalized spacial score (nSPS) is 11.5. The molecule has 3 N–H and O–H groups in total. The number of nitrogen functional groups attached to an aromatic ring is 1. The number of nitrogens with zero attached hydrogens (tertiary/aromatic N) is 2. The molecule has 0 radical (unpaired) electrons. The molecule has 0 bridgehead atoms. The second-order valence-corrected chi connectivity index (χ2v) is 8.21. The molecule has 3 aromatic rings. The number of carbonyl (C=O) groups excluding carboxylic acids is 1. The molecular weight excluding hydrogens is 348 g/mol. The fourth-order valence-corrected chi connectivity index (χ4v) is 3.74. The van der Waals surface area contributed by atoms with Crippen molar-refractivity contribution >= 4 is 43.0 Å². The number of rotatable bonds is 4. The lowest BCUT2D eigenvalue weighted by molar-refractivity contribution is 0.0956. The molecule has 3 rings (SSSR count). The zero-order chi connectivity index (χ0) is 17.3. The van der Waals surface area contributed by atoms with Gasteiger partial charge in [-0.2, -0.15) is 5.10 Å². The zero-order valence-corrected chi connectivity index (χ0v) is 14.3. The van der Waals surface area contributed by atoms with Gasteiger partial charge in [0, 0.05) is 18.2 Å². The topological polar surface area (TPSA) is 115 Å². The van der Waals surface area contributed by atoms with Crippen molar-refractivity contribution in [2.75, 3.05) is 12.0 Å². The van der Waals surface area contributed by atoms with Gasteiger partial charge in [-0.05, 0) is 23.8 Å². The van der Waals surface area contributed by atoms with Gasteiger partial charge in [0.15, 0.2) is 9.84 Å². The number of aromatic nitrogens is 2. The van der Waals surface area contributed by atoms with Crippen molar-refractivity contribution in [3.05, 3.63) is 47.0 Å². The van der Waals surface area contributed by atoms with E-state index in [0.717, 1.165) is 11.8 Å². The van der Waals surface area contributed by atoms with E-state index in [1.807, 2.05) is 0 Å². The van der Waals surface area contributed by atoms with Gasteiger partial charge in [-0.3, -0.25) is 4.79 Å². The maximum Gasteiger partial charge on any atom is 0.263 e. The predicted molar refractivity (Wildman–Crippen MR) is 92.5 cm³/mol. The van der Waals surface area contributed by atoms with Crippen LogP contribution in [0.2, 0.25) is 0 Å². The van der Waals surface area contributed by atoms with Crippen LogP contribution in [-0.4, -0.2) is 30.8 Å². The van der Waals surface area contributed by atoms with E-state index in [-0.39, 0.29) is 17.3 Å². The predicted octanol–water partition coefficient (Wildman–Crippen LogP) is 1.61. The molecule has 0 aliphatic carbocycles. The molecule has 1 aromatic carbocycles. The quantitative estimate of drug-likeness (QED) is 0.728. The van der Waals surface area contributed by atoms with E-state index in [1.165, 1.54) is 29.7 Å². The molecule has 7 nitrogen and oxygen atoms in total. The molecular formula is C15H14N4O3S2. The molecule has 0 spiro atoms. The minimum Gasteiger partial charge on any atom is -0.397 e. The van der Waals surface area contributed by atoms with Crippen LogP contribution in [0.4, 0.5) is 5.69 Å². The van der Waals surface area contributed by atoms with Crippen LogP contribution in [0.5, 0.6) is 0 Å². The second-order valence-electron chi connectivity index (χ2n) is 5.19. The lowest BCUT2D eigenvalue weighted by Crippen LogP contribution is -2.22. The number of nitrogens with one attached hydrogen (secondary N) is 1. The highest BCUT2D eigenvalue weighted by Crippen LogP contribution is 2.31. The van der Waals surface area contributed by atoms with Gasteiger partial charge in [0.25, 0.3) is 5.91 Å². The molecule has 0 saturated carbocycles. The lowest BCUT2D eigenvalue weighted by atomic mass is 10.2. The first kappa shape index (κ1) is 16.3. The molecule has 0 unspecified atom stereocenters. The number of amides is 1. The summed E-state index contributed by atoms with van der Waals surface area (Å²) in [5.41, 5.74) is 7.16. The monoisotopic (exact) mass is 362 g/mol. The molecule has 1 amide bonds. The molecule has 0 fully saturated rings. The number of thiophene rings is 1. The number of hydrogen-bond acceptors (Lipinski definition) is 7. The molecule has 0 atom stereocenters. The zero-order valence-electron chi connectivity index (χ0n) is 12.7. The molecule has 0 aliphatic heterocycles. The molecule has 2 aromatic heterocycles. The Hall–Kier alpha value is -2.52. The Kier molecular flexibility index (Phi) is 4.20. The van der Waals surface area contributed by atoms with Gasteiger partial charge in [0.1, 0.15) is 9.71 Å². The first-order valence-corrected chi connectivity index (χ1v) is 9.64. The van der Waals surface area contributed by atoms with Gasteiger partial charge >= 0.3 is 0 Å². The average molecular weight is 362 g/mol. The Bertz CT molecular complexity index is 1010. The SMILES string of the molecule is CS(=O)(=O)c1ccc(CNC(=O)c2sc3nnccc3c2N)cc1. The average Bonchev–Trinajstić information content (AvgIpc) is 2.90. The number of benzene rings is 1. The van der Waals surface area contributed by atoms with E-state index in [2.05, 4.69) is 15.5 Å².